The summed E-state index contributed by atoms with van der Waals surface area (Å²) in [6.07, 6.45) is 2.61. The Hall–Kier alpha value is -0.790. The molecular weight excluding hydrogens is 114 g/mol. The van der Waals surface area contributed by atoms with Crippen molar-refractivity contribution in [2.24, 2.45) is 5.92 Å². The van der Waals surface area contributed by atoms with Crippen LogP contribution in [0.15, 0.2) is 12.7 Å². The number of hydrogen-bond donors (Lipinski definition) is 1. The van der Waals surface area contributed by atoms with Crippen molar-refractivity contribution in [3.8, 4) is 0 Å². The van der Waals surface area contributed by atoms with E-state index >= 15 is 0 Å². The Morgan fingerprint density at radius 3 is 2.78 bits per heavy atom. The van der Waals surface area contributed by atoms with Crippen LogP contribution in [-0.2, 0) is 4.79 Å². The molecule has 2 heteroatoms. The van der Waals surface area contributed by atoms with Gasteiger partial charge in [-0.15, -0.1) is 6.58 Å². The number of carbonyl (C=O) groups is 1. The first-order valence-electron chi connectivity index (χ1n) is 3.17. The fraction of sp³-hybridized carbons (Fsp3) is 0.571. The van der Waals surface area contributed by atoms with E-state index in [0.29, 0.717) is 6.04 Å². The summed E-state index contributed by atoms with van der Waals surface area (Å²) < 4.78 is 0. The van der Waals surface area contributed by atoms with Crippen LogP contribution in [0.3, 0.4) is 0 Å². The first kappa shape index (κ1) is 6.33. The Balaban J connectivity index is 2.57. The lowest BCUT2D eigenvalue weighted by molar-refractivity contribution is -0.121. The van der Waals surface area contributed by atoms with E-state index in [2.05, 4.69) is 11.9 Å². The number of amides is 1. The maximum absolute atomic E-state index is 10.8. The molecule has 1 N–H and O–H groups in total. The molecule has 0 aromatic carbocycles. The third-order valence-corrected chi connectivity index (χ3v) is 1.62. The molecule has 1 heterocycles. The van der Waals surface area contributed by atoms with Crippen LogP contribution in [0.5, 0.6) is 0 Å². The molecule has 1 rings (SSSR count). The standard InChI is InChI=1S/C7H11NO/c1-3-6-4-5(2)8-7(6)9/h3,5-6H,1,4H2,2H3,(H,8,9). The van der Waals surface area contributed by atoms with Crippen LogP contribution in [0.4, 0.5) is 0 Å². The van der Waals surface area contributed by atoms with Gasteiger partial charge >= 0.3 is 0 Å². The van der Waals surface area contributed by atoms with Crippen molar-refractivity contribution >= 4 is 5.91 Å². The molecule has 2 nitrogen and oxygen atoms in total. The third-order valence-electron chi connectivity index (χ3n) is 1.62. The van der Waals surface area contributed by atoms with Crippen molar-refractivity contribution in [3.05, 3.63) is 12.7 Å². The van der Waals surface area contributed by atoms with Gasteiger partial charge in [-0.3, -0.25) is 4.79 Å². The fourth-order valence-corrected chi connectivity index (χ4v) is 1.10. The van der Waals surface area contributed by atoms with Crippen LogP contribution >= 0.6 is 0 Å². The fourth-order valence-electron chi connectivity index (χ4n) is 1.10. The SMILES string of the molecule is C=CC1CC(C)NC1=O. The molecule has 2 unspecified atom stereocenters. The molecule has 0 spiro atoms. The number of hydrogen-bond acceptors (Lipinski definition) is 1. The maximum Gasteiger partial charge on any atom is 0.227 e. The molecule has 1 aliphatic heterocycles. The van der Waals surface area contributed by atoms with Gasteiger partial charge in [-0.2, -0.15) is 0 Å². The van der Waals surface area contributed by atoms with Crippen molar-refractivity contribution in [1.29, 1.82) is 0 Å². The zero-order chi connectivity index (χ0) is 6.85. The molecule has 0 saturated carbocycles. The van der Waals surface area contributed by atoms with Crippen LogP contribution in [0.2, 0.25) is 0 Å². The van der Waals surface area contributed by atoms with Crippen molar-refractivity contribution in [1.82, 2.24) is 5.32 Å². The van der Waals surface area contributed by atoms with Gasteiger partial charge in [0.1, 0.15) is 0 Å². The van der Waals surface area contributed by atoms with E-state index in [4.69, 9.17) is 0 Å². The van der Waals surface area contributed by atoms with Crippen molar-refractivity contribution < 1.29 is 4.79 Å². The smallest absolute Gasteiger partial charge is 0.227 e. The minimum absolute atomic E-state index is 0.0556. The van der Waals surface area contributed by atoms with Crippen LogP contribution in [0.25, 0.3) is 0 Å². The van der Waals surface area contributed by atoms with E-state index in [1.54, 1.807) is 6.08 Å². The first-order valence-corrected chi connectivity index (χ1v) is 3.17. The van der Waals surface area contributed by atoms with Crippen molar-refractivity contribution in [2.45, 2.75) is 19.4 Å². The lowest BCUT2D eigenvalue weighted by Crippen LogP contribution is -2.23. The van der Waals surface area contributed by atoms with Crippen molar-refractivity contribution in [2.75, 3.05) is 0 Å². The van der Waals surface area contributed by atoms with Gasteiger partial charge in [-0.1, -0.05) is 6.08 Å². The normalized spacial score (nSPS) is 34.1. The van der Waals surface area contributed by atoms with E-state index in [0.717, 1.165) is 6.42 Å². The van der Waals surface area contributed by atoms with E-state index in [1.165, 1.54) is 0 Å². The Morgan fingerprint density at radius 2 is 2.56 bits per heavy atom. The van der Waals surface area contributed by atoms with Gasteiger partial charge in [0.25, 0.3) is 0 Å². The zero-order valence-corrected chi connectivity index (χ0v) is 5.55. The van der Waals surface area contributed by atoms with Gasteiger partial charge in [0.05, 0.1) is 5.92 Å². The highest BCUT2D eigenvalue weighted by molar-refractivity contribution is 5.82. The van der Waals surface area contributed by atoms with E-state index < -0.39 is 0 Å². The molecule has 0 aromatic rings. The van der Waals surface area contributed by atoms with Crippen LogP contribution in [0, 0.1) is 5.92 Å². The quantitative estimate of drug-likeness (QED) is 0.513. The zero-order valence-electron chi connectivity index (χ0n) is 5.55. The summed E-state index contributed by atoms with van der Waals surface area (Å²) in [5, 5.41) is 2.81. The van der Waals surface area contributed by atoms with Crippen LogP contribution in [-0.4, -0.2) is 11.9 Å². The minimum atomic E-state index is 0.0556. The van der Waals surface area contributed by atoms with Crippen LogP contribution in [0.1, 0.15) is 13.3 Å². The molecule has 0 radical (unpaired) electrons. The largest absolute Gasteiger partial charge is 0.353 e. The van der Waals surface area contributed by atoms with Gasteiger partial charge in [0, 0.05) is 6.04 Å². The number of carbonyl (C=O) groups excluding carboxylic acids is 1. The Morgan fingerprint density at radius 1 is 1.89 bits per heavy atom. The van der Waals surface area contributed by atoms with Crippen molar-refractivity contribution in [3.63, 3.8) is 0 Å². The summed E-state index contributed by atoms with van der Waals surface area (Å²) in [7, 11) is 0. The highest BCUT2D eigenvalue weighted by Gasteiger charge is 2.25. The second-order valence-electron chi connectivity index (χ2n) is 2.49. The van der Waals surface area contributed by atoms with Gasteiger partial charge in [-0.25, -0.2) is 0 Å². The average Bonchev–Trinajstić information content (AvgIpc) is 2.10. The molecule has 9 heavy (non-hydrogen) atoms. The molecule has 2 atom stereocenters. The maximum atomic E-state index is 10.8. The van der Waals surface area contributed by atoms with Crippen LogP contribution < -0.4 is 5.32 Å². The van der Waals surface area contributed by atoms with Gasteiger partial charge in [0.2, 0.25) is 5.91 Å². The highest BCUT2D eigenvalue weighted by Crippen LogP contribution is 2.14. The number of nitrogens with one attached hydrogen (secondary N) is 1. The Bertz CT molecular complexity index is 142. The second-order valence-corrected chi connectivity index (χ2v) is 2.49. The molecule has 1 aliphatic rings. The summed E-state index contributed by atoms with van der Waals surface area (Å²) in [5.74, 6) is 0.178. The summed E-state index contributed by atoms with van der Waals surface area (Å²) in [4.78, 5) is 10.8. The molecule has 0 aromatic heterocycles. The molecular formula is C7H11NO. The lowest BCUT2D eigenvalue weighted by atomic mass is 10.1. The third kappa shape index (κ3) is 1.12. The molecule has 0 bridgehead atoms. The molecule has 50 valence electrons. The summed E-state index contributed by atoms with van der Waals surface area (Å²) >= 11 is 0. The Kier molecular flexibility index (Phi) is 1.56. The molecule has 1 amide bonds. The highest BCUT2D eigenvalue weighted by atomic mass is 16.2. The van der Waals surface area contributed by atoms with E-state index in [1.807, 2.05) is 6.92 Å². The lowest BCUT2D eigenvalue weighted by Gasteiger charge is -1.95. The predicted molar refractivity (Wildman–Crippen MR) is 35.9 cm³/mol. The second kappa shape index (κ2) is 2.21. The monoisotopic (exact) mass is 125 g/mol. The summed E-state index contributed by atoms with van der Waals surface area (Å²) in [6.45, 7) is 5.57. The molecule has 1 saturated heterocycles. The molecule has 1 fully saturated rings. The van der Waals surface area contributed by atoms with Gasteiger partial charge in [0.15, 0.2) is 0 Å². The minimum Gasteiger partial charge on any atom is -0.353 e. The molecule has 0 aliphatic carbocycles. The topological polar surface area (TPSA) is 29.1 Å². The van der Waals surface area contributed by atoms with Gasteiger partial charge < -0.3 is 5.32 Å². The summed E-state index contributed by atoms with van der Waals surface area (Å²) in [6, 6.07) is 0.334. The summed E-state index contributed by atoms with van der Waals surface area (Å²) in [5.41, 5.74) is 0. The van der Waals surface area contributed by atoms with E-state index in [-0.39, 0.29) is 11.8 Å². The Labute approximate surface area is 54.9 Å². The van der Waals surface area contributed by atoms with Gasteiger partial charge in [-0.05, 0) is 13.3 Å². The predicted octanol–water partition coefficient (Wildman–Crippen LogP) is 0.697. The average molecular weight is 125 g/mol. The van der Waals surface area contributed by atoms with E-state index in [9.17, 15) is 4.79 Å². The number of rotatable bonds is 1. The first-order chi connectivity index (χ1) is 4.24.